The fraction of sp³-hybridized carbons (Fsp3) is 0.444. The SMILES string of the molecule is CC(=O)NCC1CCN(Cc2cc(-c3ccccc3)no2)CC1. The number of amides is 1. The largest absolute Gasteiger partial charge is 0.359 e. The lowest BCUT2D eigenvalue weighted by atomic mass is 9.96. The number of carbonyl (C=O) groups is 1. The normalized spacial score (nSPS) is 16.4. The summed E-state index contributed by atoms with van der Waals surface area (Å²) in [5.41, 5.74) is 1.97. The van der Waals surface area contributed by atoms with Crippen LogP contribution in [0.15, 0.2) is 40.9 Å². The van der Waals surface area contributed by atoms with Gasteiger partial charge in [-0.2, -0.15) is 0 Å². The summed E-state index contributed by atoms with van der Waals surface area (Å²) >= 11 is 0. The zero-order chi connectivity index (χ0) is 16.1. The molecule has 1 aliphatic heterocycles. The molecule has 0 atom stereocenters. The van der Waals surface area contributed by atoms with Gasteiger partial charge in [-0.1, -0.05) is 35.5 Å². The van der Waals surface area contributed by atoms with Gasteiger partial charge in [-0.3, -0.25) is 9.69 Å². The van der Waals surface area contributed by atoms with Crippen LogP contribution in [0.5, 0.6) is 0 Å². The summed E-state index contributed by atoms with van der Waals surface area (Å²) < 4.78 is 5.48. The summed E-state index contributed by atoms with van der Waals surface area (Å²) in [4.78, 5) is 13.4. The van der Waals surface area contributed by atoms with Crippen LogP contribution in [-0.4, -0.2) is 35.6 Å². The number of rotatable bonds is 5. The highest BCUT2D eigenvalue weighted by atomic mass is 16.5. The van der Waals surface area contributed by atoms with E-state index in [4.69, 9.17) is 4.52 Å². The number of piperidine rings is 1. The van der Waals surface area contributed by atoms with Gasteiger partial charge >= 0.3 is 0 Å². The van der Waals surface area contributed by atoms with Crippen LogP contribution in [0, 0.1) is 5.92 Å². The van der Waals surface area contributed by atoms with E-state index in [-0.39, 0.29) is 5.91 Å². The Morgan fingerprint density at radius 1 is 1.30 bits per heavy atom. The Labute approximate surface area is 136 Å². The van der Waals surface area contributed by atoms with Crippen LogP contribution >= 0.6 is 0 Å². The first-order chi connectivity index (χ1) is 11.2. The predicted octanol–water partition coefficient (Wildman–Crippen LogP) is 2.69. The van der Waals surface area contributed by atoms with Crippen molar-refractivity contribution in [2.24, 2.45) is 5.92 Å². The number of likely N-dealkylation sites (tertiary alicyclic amines) is 1. The van der Waals surface area contributed by atoms with E-state index >= 15 is 0 Å². The second-order valence-corrected chi connectivity index (χ2v) is 6.20. The molecule has 5 nitrogen and oxygen atoms in total. The monoisotopic (exact) mass is 313 g/mol. The van der Waals surface area contributed by atoms with Crippen LogP contribution in [0.4, 0.5) is 0 Å². The van der Waals surface area contributed by atoms with E-state index in [1.807, 2.05) is 36.4 Å². The molecule has 1 aromatic carbocycles. The molecule has 3 rings (SSSR count). The van der Waals surface area contributed by atoms with Gasteiger partial charge in [0, 0.05) is 25.1 Å². The molecule has 2 aromatic rings. The van der Waals surface area contributed by atoms with Crippen LogP contribution in [0.25, 0.3) is 11.3 Å². The quantitative estimate of drug-likeness (QED) is 0.922. The minimum Gasteiger partial charge on any atom is -0.359 e. The smallest absolute Gasteiger partial charge is 0.216 e. The summed E-state index contributed by atoms with van der Waals surface area (Å²) in [6.07, 6.45) is 2.22. The Kier molecular flexibility index (Phi) is 5.08. The maximum atomic E-state index is 11.0. The van der Waals surface area contributed by atoms with Crippen molar-refractivity contribution in [3.63, 3.8) is 0 Å². The second kappa shape index (κ2) is 7.42. The molecule has 23 heavy (non-hydrogen) atoms. The molecule has 0 unspecified atom stereocenters. The molecule has 5 heteroatoms. The third-order valence-corrected chi connectivity index (χ3v) is 4.35. The first-order valence-electron chi connectivity index (χ1n) is 8.18. The summed E-state index contributed by atoms with van der Waals surface area (Å²) in [7, 11) is 0. The summed E-state index contributed by atoms with van der Waals surface area (Å²) in [6, 6.07) is 12.1. The van der Waals surface area contributed by atoms with E-state index in [0.29, 0.717) is 5.92 Å². The van der Waals surface area contributed by atoms with E-state index in [0.717, 1.165) is 56.0 Å². The number of hydrogen-bond donors (Lipinski definition) is 1. The summed E-state index contributed by atoms with van der Waals surface area (Å²) in [6.45, 7) is 5.23. The lowest BCUT2D eigenvalue weighted by Gasteiger charge is -2.31. The molecule has 1 aliphatic rings. The molecular weight excluding hydrogens is 290 g/mol. The number of nitrogens with zero attached hydrogens (tertiary/aromatic N) is 2. The Morgan fingerprint density at radius 3 is 2.74 bits per heavy atom. The number of benzene rings is 1. The van der Waals surface area contributed by atoms with E-state index in [1.54, 1.807) is 6.92 Å². The van der Waals surface area contributed by atoms with Crippen LogP contribution in [0.2, 0.25) is 0 Å². The van der Waals surface area contributed by atoms with Gasteiger partial charge in [0.2, 0.25) is 5.91 Å². The fourth-order valence-corrected chi connectivity index (χ4v) is 2.99. The van der Waals surface area contributed by atoms with Crippen molar-refractivity contribution in [1.29, 1.82) is 0 Å². The van der Waals surface area contributed by atoms with Gasteiger partial charge in [-0.05, 0) is 31.8 Å². The van der Waals surface area contributed by atoms with E-state index in [2.05, 4.69) is 15.4 Å². The van der Waals surface area contributed by atoms with E-state index in [9.17, 15) is 4.79 Å². The van der Waals surface area contributed by atoms with Crippen molar-refractivity contribution in [1.82, 2.24) is 15.4 Å². The fourth-order valence-electron chi connectivity index (χ4n) is 2.99. The van der Waals surface area contributed by atoms with E-state index < -0.39 is 0 Å². The topological polar surface area (TPSA) is 58.4 Å². The van der Waals surface area contributed by atoms with Crippen molar-refractivity contribution >= 4 is 5.91 Å². The molecular formula is C18H23N3O2. The molecule has 122 valence electrons. The third-order valence-electron chi connectivity index (χ3n) is 4.35. The van der Waals surface area contributed by atoms with Crippen molar-refractivity contribution in [3.8, 4) is 11.3 Å². The average Bonchev–Trinajstić information content (AvgIpc) is 3.03. The molecule has 2 heterocycles. The molecule has 1 saturated heterocycles. The number of hydrogen-bond acceptors (Lipinski definition) is 4. The highest BCUT2D eigenvalue weighted by Crippen LogP contribution is 2.22. The molecule has 1 N–H and O–H groups in total. The first kappa shape index (κ1) is 15.7. The maximum absolute atomic E-state index is 11.0. The molecule has 0 aliphatic carbocycles. The van der Waals surface area contributed by atoms with Gasteiger partial charge in [0.25, 0.3) is 0 Å². The first-order valence-corrected chi connectivity index (χ1v) is 8.18. The zero-order valence-electron chi connectivity index (χ0n) is 13.5. The summed E-state index contributed by atoms with van der Waals surface area (Å²) in [5.74, 6) is 1.55. The molecule has 0 saturated carbocycles. The van der Waals surface area contributed by atoms with Gasteiger partial charge in [0.1, 0.15) is 5.69 Å². The lowest BCUT2D eigenvalue weighted by molar-refractivity contribution is -0.119. The molecule has 1 amide bonds. The Morgan fingerprint density at radius 2 is 2.04 bits per heavy atom. The van der Waals surface area contributed by atoms with Gasteiger partial charge in [-0.25, -0.2) is 0 Å². The van der Waals surface area contributed by atoms with Gasteiger partial charge in [-0.15, -0.1) is 0 Å². The minimum absolute atomic E-state index is 0.0579. The second-order valence-electron chi connectivity index (χ2n) is 6.20. The van der Waals surface area contributed by atoms with Crippen LogP contribution in [0.3, 0.4) is 0 Å². The molecule has 0 spiro atoms. The van der Waals surface area contributed by atoms with Crippen LogP contribution in [0.1, 0.15) is 25.5 Å². The molecule has 1 aromatic heterocycles. The minimum atomic E-state index is 0.0579. The number of carbonyl (C=O) groups excluding carboxylic acids is 1. The predicted molar refractivity (Wildman–Crippen MR) is 88.6 cm³/mol. The highest BCUT2D eigenvalue weighted by molar-refractivity contribution is 5.72. The Bertz CT molecular complexity index is 631. The third kappa shape index (κ3) is 4.42. The number of nitrogens with one attached hydrogen (secondary N) is 1. The van der Waals surface area contributed by atoms with Gasteiger partial charge < -0.3 is 9.84 Å². The standard InChI is InChI=1S/C18H23N3O2/c1-14(22)19-12-15-7-9-21(10-8-15)13-17-11-18(20-23-17)16-5-3-2-4-6-16/h2-6,11,15H,7-10,12-13H2,1H3,(H,19,22). The van der Waals surface area contributed by atoms with Crippen molar-refractivity contribution < 1.29 is 9.32 Å². The zero-order valence-corrected chi connectivity index (χ0v) is 13.5. The molecule has 0 bridgehead atoms. The number of aromatic nitrogens is 1. The average molecular weight is 313 g/mol. The summed E-state index contributed by atoms with van der Waals surface area (Å²) in [5, 5.41) is 7.08. The van der Waals surface area contributed by atoms with Gasteiger partial charge in [0.05, 0.1) is 6.54 Å². The van der Waals surface area contributed by atoms with Gasteiger partial charge in [0.15, 0.2) is 5.76 Å². The molecule has 0 radical (unpaired) electrons. The van der Waals surface area contributed by atoms with Crippen molar-refractivity contribution in [2.45, 2.75) is 26.3 Å². The Hall–Kier alpha value is -2.14. The van der Waals surface area contributed by atoms with Crippen LogP contribution < -0.4 is 5.32 Å². The molecule has 1 fully saturated rings. The maximum Gasteiger partial charge on any atom is 0.216 e. The van der Waals surface area contributed by atoms with Crippen LogP contribution in [-0.2, 0) is 11.3 Å². The van der Waals surface area contributed by atoms with Crippen molar-refractivity contribution in [3.05, 3.63) is 42.2 Å². The van der Waals surface area contributed by atoms with E-state index in [1.165, 1.54) is 0 Å². The lowest BCUT2D eigenvalue weighted by Crippen LogP contribution is -2.37. The van der Waals surface area contributed by atoms with Crippen molar-refractivity contribution in [2.75, 3.05) is 19.6 Å². The Balaban J connectivity index is 1.50. The highest BCUT2D eigenvalue weighted by Gasteiger charge is 2.20.